The highest BCUT2D eigenvalue weighted by molar-refractivity contribution is 9.10. The molecule has 0 spiro atoms. The minimum absolute atomic E-state index is 0.0966. The lowest BCUT2D eigenvalue weighted by atomic mass is 10.0. The summed E-state index contributed by atoms with van der Waals surface area (Å²) in [5.41, 5.74) is 0.266. The number of halogens is 4. The first kappa shape index (κ1) is 14.9. The maximum Gasteiger partial charge on any atom is 0.337 e. The molecule has 1 fully saturated rings. The van der Waals surface area contributed by atoms with Crippen LogP contribution in [0.15, 0.2) is 28.3 Å². The molecule has 1 aromatic carbocycles. The summed E-state index contributed by atoms with van der Waals surface area (Å²) in [6, 6.07) is 2.31. The molecule has 0 aromatic heterocycles. The van der Waals surface area contributed by atoms with E-state index in [0.29, 0.717) is 5.69 Å². The molecule has 1 aliphatic rings. The molecule has 2 rings (SSSR count). The third kappa shape index (κ3) is 2.98. The molecule has 7 heteroatoms. The fourth-order valence-corrected chi connectivity index (χ4v) is 2.51. The maximum absolute atomic E-state index is 13.4. The maximum atomic E-state index is 13.4. The lowest BCUT2D eigenvalue weighted by Gasteiger charge is -2.31. The quantitative estimate of drug-likeness (QED) is 0.875. The Hall–Kier alpha value is -1.50. The number of carboxylic acids is 1. The molecule has 108 valence electrons. The van der Waals surface area contributed by atoms with E-state index in [9.17, 15) is 18.0 Å². The highest BCUT2D eigenvalue weighted by atomic mass is 79.9. The average Bonchev–Trinajstić information content (AvgIpc) is 2.41. The van der Waals surface area contributed by atoms with Gasteiger partial charge >= 0.3 is 5.97 Å². The number of carbonyl (C=O) groups is 1. The number of piperidine rings is 1. The van der Waals surface area contributed by atoms with E-state index in [2.05, 4.69) is 15.9 Å². The van der Waals surface area contributed by atoms with Gasteiger partial charge in [0.15, 0.2) is 0 Å². The number of hydrogen-bond acceptors (Lipinski definition) is 2. The predicted octanol–water partition coefficient (Wildman–Crippen LogP) is 4.04. The van der Waals surface area contributed by atoms with Crippen LogP contribution in [-0.2, 0) is 0 Å². The van der Waals surface area contributed by atoms with Crippen molar-refractivity contribution in [1.82, 2.24) is 0 Å². The van der Waals surface area contributed by atoms with E-state index in [1.165, 1.54) is 6.07 Å². The number of benzene rings is 1. The fraction of sp³-hybridized carbons (Fsp3) is 0.308. The van der Waals surface area contributed by atoms with Crippen LogP contribution in [0.1, 0.15) is 23.2 Å². The SMILES string of the molecule is O=C(O)c1cc(F)c(Br)cc1N1CCC(=C(F)F)CC1. The smallest absolute Gasteiger partial charge is 0.337 e. The summed E-state index contributed by atoms with van der Waals surface area (Å²) < 4.78 is 38.5. The molecule has 0 aliphatic carbocycles. The first-order valence-electron chi connectivity index (χ1n) is 5.90. The van der Waals surface area contributed by atoms with Gasteiger partial charge in [-0.25, -0.2) is 9.18 Å². The van der Waals surface area contributed by atoms with Crippen LogP contribution in [0, 0.1) is 5.82 Å². The first-order chi connectivity index (χ1) is 9.40. The van der Waals surface area contributed by atoms with Gasteiger partial charge in [0.2, 0.25) is 0 Å². The summed E-state index contributed by atoms with van der Waals surface area (Å²) in [5.74, 6) is -1.91. The third-order valence-corrected chi connectivity index (χ3v) is 3.85. The van der Waals surface area contributed by atoms with Crippen LogP contribution < -0.4 is 4.90 Å². The number of hydrogen-bond donors (Lipinski definition) is 1. The largest absolute Gasteiger partial charge is 0.478 e. The van der Waals surface area contributed by atoms with Gasteiger partial charge in [-0.3, -0.25) is 0 Å². The normalized spacial score (nSPS) is 15.4. The highest BCUT2D eigenvalue weighted by Crippen LogP contribution is 2.31. The van der Waals surface area contributed by atoms with Gasteiger partial charge in [0.05, 0.1) is 15.7 Å². The fourth-order valence-electron chi connectivity index (χ4n) is 2.18. The highest BCUT2D eigenvalue weighted by Gasteiger charge is 2.23. The van der Waals surface area contributed by atoms with E-state index in [0.717, 1.165) is 6.07 Å². The Morgan fingerprint density at radius 1 is 1.25 bits per heavy atom. The molecule has 20 heavy (non-hydrogen) atoms. The zero-order valence-corrected chi connectivity index (χ0v) is 11.9. The van der Waals surface area contributed by atoms with Crippen molar-refractivity contribution in [3.63, 3.8) is 0 Å². The van der Waals surface area contributed by atoms with Crippen molar-refractivity contribution < 1.29 is 23.1 Å². The van der Waals surface area contributed by atoms with E-state index in [4.69, 9.17) is 5.11 Å². The number of anilines is 1. The Labute approximate surface area is 121 Å². The lowest BCUT2D eigenvalue weighted by molar-refractivity contribution is 0.0697. The zero-order chi connectivity index (χ0) is 14.9. The molecule has 1 aliphatic heterocycles. The number of carboxylic acid groups (broad SMARTS) is 1. The van der Waals surface area contributed by atoms with Gasteiger partial charge in [0.1, 0.15) is 5.82 Å². The summed E-state index contributed by atoms with van der Waals surface area (Å²) in [7, 11) is 0. The Morgan fingerprint density at radius 3 is 2.35 bits per heavy atom. The molecule has 0 amide bonds. The van der Waals surface area contributed by atoms with Crippen molar-refractivity contribution in [1.29, 1.82) is 0 Å². The van der Waals surface area contributed by atoms with E-state index >= 15 is 0 Å². The van der Waals surface area contributed by atoms with Crippen LogP contribution >= 0.6 is 15.9 Å². The molecule has 1 heterocycles. The van der Waals surface area contributed by atoms with Gasteiger partial charge in [-0.05, 0) is 46.5 Å². The molecular formula is C13H11BrF3NO2. The van der Waals surface area contributed by atoms with Crippen LogP contribution in [0.2, 0.25) is 0 Å². The van der Waals surface area contributed by atoms with Crippen LogP contribution in [0.25, 0.3) is 0 Å². The predicted molar refractivity (Wildman–Crippen MR) is 71.7 cm³/mol. The minimum Gasteiger partial charge on any atom is -0.478 e. The summed E-state index contributed by atoms with van der Waals surface area (Å²) in [4.78, 5) is 12.8. The van der Waals surface area contributed by atoms with Crippen LogP contribution in [-0.4, -0.2) is 24.2 Å². The topological polar surface area (TPSA) is 40.5 Å². The third-order valence-electron chi connectivity index (χ3n) is 3.24. The number of aromatic carboxylic acids is 1. The van der Waals surface area contributed by atoms with Gasteiger partial charge in [0, 0.05) is 13.1 Å². The summed E-state index contributed by atoms with van der Waals surface area (Å²) in [5, 5.41) is 9.11. The van der Waals surface area contributed by atoms with Crippen molar-refractivity contribution in [3.05, 3.63) is 39.6 Å². The van der Waals surface area contributed by atoms with E-state index in [1.54, 1.807) is 4.90 Å². The minimum atomic E-state index is -1.66. The first-order valence-corrected chi connectivity index (χ1v) is 6.69. The molecule has 0 unspecified atom stereocenters. The Kier molecular flexibility index (Phi) is 4.37. The molecule has 0 bridgehead atoms. The van der Waals surface area contributed by atoms with Crippen molar-refractivity contribution in [2.45, 2.75) is 12.8 Å². The number of nitrogens with zero attached hydrogens (tertiary/aromatic N) is 1. The average molecular weight is 350 g/mol. The Bertz CT molecular complexity index is 575. The van der Waals surface area contributed by atoms with E-state index < -0.39 is 17.9 Å². The van der Waals surface area contributed by atoms with Gasteiger partial charge < -0.3 is 10.0 Å². The molecule has 3 nitrogen and oxygen atoms in total. The molecule has 1 N–H and O–H groups in total. The second-order valence-electron chi connectivity index (χ2n) is 4.44. The van der Waals surface area contributed by atoms with Gasteiger partial charge in [-0.2, -0.15) is 8.78 Å². The van der Waals surface area contributed by atoms with Crippen molar-refractivity contribution >= 4 is 27.6 Å². The summed E-state index contributed by atoms with van der Waals surface area (Å²) >= 11 is 3.01. The second kappa shape index (κ2) is 5.87. The van der Waals surface area contributed by atoms with Crippen molar-refractivity contribution in [2.75, 3.05) is 18.0 Å². The standard InChI is InChI=1S/C13H11BrF3NO2/c14-9-6-11(8(13(19)20)5-10(9)15)18-3-1-7(2-4-18)12(16)17/h5-6H,1-4H2,(H,19,20). The van der Waals surface area contributed by atoms with Crippen LogP contribution in [0.5, 0.6) is 0 Å². The Balaban J connectivity index is 2.32. The number of rotatable bonds is 2. The van der Waals surface area contributed by atoms with Gasteiger partial charge in [-0.1, -0.05) is 0 Å². The second-order valence-corrected chi connectivity index (χ2v) is 5.29. The van der Waals surface area contributed by atoms with Crippen molar-refractivity contribution in [2.24, 2.45) is 0 Å². The molecule has 1 saturated heterocycles. The zero-order valence-electron chi connectivity index (χ0n) is 10.3. The summed E-state index contributed by atoms with van der Waals surface area (Å²) in [6.45, 7) is 0.566. The molecule has 0 atom stereocenters. The monoisotopic (exact) mass is 349 g/mol. The van der Waals surface area contributed by atoms with Gasteiger partial charge in [0.25, 0.3) is 6.08 Å². The molecule has 0 radical (unpaired) electrons. The van der Waals surface area contributed by atoms with Crippen molar-refractivity contribution in [3.8, 4) is 0 Å². The van der Waals surface area contributed by atoms with E-state index in [-0.39, 0.29) is 41.5 Å². The lowest BCUT2D eigenvalue weighted by Crippen LogP contribution is -2.32. The molecule has 1 aromatic rings. The molecular weight excluding hydrogens is 339 g/mol. The van der Waals surface area contributed by atoms with Crippen LogP contribution in [0.3, 0.4) is 0 Å². The van der Waals surface area contributed by atoms with Gasteiger partial charge in [-0.15, -0.1) is 0 Å². The van der Waals surface area contributed by atoms with E-state index in [1.807, 2.05) is 0 Å². The summed E-state index contributed by atoms with van der Waals surface area (Å²) in [6.07, 6.45) is -1.31. The van der Waals surface area contributed by atoms with Crippen LogP contribution in [0.4, 0.5) is 18.9 Å². The molecule has 0 saturated carbocycles. The Morgan fingerprint density at radius 2 is 1.85 bits per heavy atom.